The lowest BCUT2D eigenvalue weighted by Crippen LogP contribution is -2.26. The van der Waals surface area contributed by atoms with Crippen LogP contribution >= 0.6 is 23.8 Å². The molecule has 0 aliphatic heterocycles. The molecule has 0 radical (unpaired) electrons. The Morgan fingerprint density at radius 2 is 2.15 bits per heavy atom. The van der Waals surface area contributed by atoms with Crippen LogP contribution in [0, 0.1) is 4.77 Å². The highest BCUT2D eigenvalue weighted by Gasteiger charge is 2.27. The smallest absolute Gasteiger partial charge is 0.253 e. The monoisotopic (exact) mass is 415 g/mol. The van der Waals surface area contributed by atoms with E-state index in [9.17, 15) is 13.2 Å². The number of nitrogens with zero attached hydrogens (tertiary/aromatic N) is 3. The van der Waals surface area contributed by atoms with Crippen molar-refractivity contribution in [1.29, 1.82) is 0 Å². The molecule has 1 amide bonds. The quantitative estimate of drug-likeness (QED) is 0.704. The number of hydrogen-bond donors (Lipinski definition) is 2. The predicted molar refractivity (Wildman–Crippen MR) is 99.2 cm³/mol. The van der Waals surface area contributed by atoms with Gasteiger partial charge >= 0.3 is 0 Å². The Balaban J connectivity index is 1.81. The van der Waals surface area contributed by atoms with Gasteiger partial charge in [0.1, 0.15) is 0 Å². The molecule has 1 heterocycles. The van der Waals surface area contributed by atoms with E-state index in [1.54, 1.807) is 0 Å². The van der Waals surface area contributed by atoms with Crippen molar-refractivity contribution >= 4 is 39.7 Å². The molecule has 0 atom stereocenters. The van der Waals surface area contributed by atoms with Crippen LogP contribution < -0.4 is 5.32 Å². The number of carbonyl (C=O) groups excluding carboxylic acids is 1. The van der Waals surface area contributed by atoms with Crippen LogP contribution in [0.2, 0.25) is 5.02 Å². The van der Waals surface area contributed by atoms with Crippen molar-refractivity contribution in [1.82, 2.24) is 24.4 Å². The lowest BCUT2D eigenvalue weighted by atomic mass is 10.2. The number of hydrogen-bond acceptors (Lipinski definition) is 5. The van der Waals surface area contributed by atoms with E-state index < -0.39 is 15.9 Å². The van der Waals surface area contributed by atoms with E-state index in [1.165, 1.54) is 32.3 Å². The molecule has 2 N–H and O–H groups in total. The average molecular weight is 416 g/mol. The summed E-state index contributed by atoms with van der Waals surface area (Å²) in [5.74, 6) is 0.140. The first kappa shape index (κ1) is 19.0. The first-order valence-electron chi connectivity index (χ1n) is 7.88. The maximum absolute atomic E-state index is 12.5. The van der Waals surface area contributed by atoms with Crippen LogP contribution in [-0.4, -0.2) is 47.5 Å². The van der Waals surface area contributed by atoms with Crippen LogP contribution in [0.5, 0.6) is 0 Å². The van der Waals surface area contributed by atoms with Crippen molar-refractivity contribution in [2.45, 2.75) is 30.3 Å². The molecule has 1 saturated carbocycles. The van der Waals surface area contributed by atoms with E-state index in [0.29, 0.717) is 16.6 Å². The zero-order valence-corrected chi connectivity index (χ0v) is 16.6. The Labute approximate surface area is 161 Å². The number of H-pyrrole nitrogens is 1. The number of sulfonamides is 1. The third-order valence-corrected chi connectivity index (χ3v) is 6.49. The van der Waals surface area contributed by atoms with Gasteiger partial charge in [0.15, 0.2) is 10.6 Å². The molecule has 0 bridgehead atoms. The molecule has 0 saturated heterocycles. The molecule has 140 valence electrons. The molecule has 1 aromatic carbocycles. The van der Waals surface area contributed by atoms with Crippen molar-refractivity contribution in [2.24, 2.45) is 0 Å². The fourth-order valence-corrected chi connectivity index (χ4v) is 3.91. The number of aromatic nitrogens is 3. The lowest BCUT2D eigenvalue weighted by molar-refractivity contribution is 0.0949. The molecule has 3 rings (SSSR count). The number of amides is 1. The summed E-state index contributed by atoms with van der Waals surface area (Å²) in [4.78, 5) is 12.5. The normalized spacial score (nSPS) is 14.6. The van der Waals surface area contributed by atoms with Crippen molar-refractivity contribution in [3.05, 3.63) is 39.4 Å². The Morgan fingerprint density at radius 1 is 1.46 bits per heavy atom. The Hall–Kier alpha value is -1.75. The van der Waals surface area contributed by atoms with Gasteiger partial charge < -0.3 is 5.32 Å². The molecule has 1 aromatic heterocycles. The molecular formula is C15H18ClN5O3S2. The highest BCUT2D eigenvalue weighted by atomic mass is 35.5. The maximum Gasteiger partial charge on any atom is 0.253 e. The maximum atomic E-state index is 12.5. The molecule has 0 spiro atoms. The number of rotatable bonds is 6. The van der Waals surface area contributed by atoms with Gasteiger partial charge in [0.25, 0.3) is 5.91 Å². The molecule has 1 aliphatic rings. The van der Waals surface area contributed by atoms with Gasteiger partial charge in [-0.2, -0.15) is 5.10 Å². The minimum atomic E-state index is -3.66. The summed E-state index contributed by atoms with van der Waals surface area (Å²) in [5, 5.41) is 9.76. The van der Waals surface area contributed by atoms with E-state index >= 15 is 0 Å². The van der Waals surface area contributed by atoms with Crippen LogP contribution in [0.3, 0.4) is 0 Å². The highest BCUT2D eigenvalue weighted by Crippen LogP contribution is 2.35. The van der Waals surface area contributed by atoms with Gasteiger partial charge in [0.05, 0.1) is 22.0 Å². The van der Waals surface area contributed by atoms with Gasteiger partial charge in [0, 0.05) is 20.1 Å². The summed E-state index contributed by atoms with van der Waals surface area (Å²) in [5.41, 5.74) is 0.0849. The first-order chi connectivity index (χ1) is 12.2. The Kier molecular flexibility index (Phi) is 5.20. The zero-order chi connectivity index (χ0) is 19.1. The van der Waals surface area contributed by atoms with E-state index in [1.807, 2.05) is 4.57 Å². The SMILES string of the molecule is CN(C)S(=O)(=O)c1ccc(Cl)c(C(=O)NCc2n[nH]c(=S)n2C2CC2)c1. The molecular weight excluding hydrogens is 398 g/mol. The number of nitrogens with one attached hydrogen (secondary N) is 2. The van der Waals surface area contributed by atoms with Crippen molar-refractivity contribution in [3.63, 3.8) is 0 Å². The van der Waals surface area contributed by atoms with Crippen LogP contribution in [0.15, 0.2) is 23.1 Å². The molecule has 26 heavy (non-hydrogen) atoms. The van der Waals surface area contributed by atoms with E-state index in [-0.39, 0.29) is 22.0 Å². The summed E-state index contributed by atoms with van der Waals surface area (Å²) >= 11 is 11.3. The second-order valence-electron chi connectivity index (χ2n) is 6.16. The summed E-state index contributed by atoms with van der Waals surface area (Å²) < 4.78 is 28.0. The third kappa shape index (κ3) is 3.68. The van der Waals surface area contributed by atoms with Gasteiger partial charge in [-0.1, -0.05) is 11.6 Å². The van der Waals surface area contributed by atoms with Crippen LogP contribution in [0.4, 0.5) is 0 Å². The van der Waals surface area contributed by atoms with Gasteiger partial charge in [-0.25, -0.2) is 12.7 Å². The zero-order valence-electron chi connectivity index (χ0n) is 14.2. The second kappa shape index (κ2) is 7.10. The van der Waals surface area contributed by atoms with Gasteiger partial charge in [-0.05, 0) is 43.3 Å². The fraction of sp³-hybridized carbons (Fsp3) is 0.400. The average Bonchev–Trinajstić information content (AvgIpc) is 3.35. The van der Waals surface area contributed by atoms with Crippen LogP contribution in [0.25, 0.3) is 0 Å². The highest BCUT2D eigenvalue weighted by molar-refractivity contribution is 7.89. The summed E-state index contributed by atoms with van der Waals surface area (Å²) in [6.45, 7) is 0.156. The molecule has 8 nitrogen and oxygen atoms in total. The second-order valence-corrected chi connectivity index (χ2v) is 9.10. The standard InChI is InChI=1S/C15H18ClN5O3S2/c1-20(2)26(23,24)10-5-6-12(16)11(7-10)14(22)17-8-13-18-19-15(25)21(13)9-3-4-9/h5-7,9H,3-4,8H2,1-2H3,(H,17,22)(H,19,25). The van der Waals surface area contributed by atoms with Crippen molar-refractivity contribution in [2.75, 3.05) is 14.1 Å². The number of benzene rings is 1. The molecule has 0 unspecified atom stereocenters. The Bertz CT molecular complexity index is 1010. The predicted octanol–water partition coefficient (Wildman–Crippen LogP) is 2.11. The molecule has 1 aliphatic carbocycles. The van der Waals surface area contributed by atoms with Crippen LogP contribution in [-0.2, 0) is 16.6 Å². The minimum absolute atomic E-state index is 0.00212. The van der Waals surface area contributed by atoms with E-state index in [4.69, 9.17) is 23.8 Å². The minimum Gasteiger partial charge on any atom is -0.345 e. The van der Waals surface area contributed by atoms with Crippen molar-refractivity contribution < 1.29 is 13.2 Å². The van der Waals surface area contributed by atoms with Gasteiger partial charge in [-0.3, -0.25) is 14.5 Å². The molecule has 11 heteroatoms. The van der Waals surface area contributed by atoms with Gasteiger partial charge in [-0.15, -0.1) is 0 Å². The topological polar surface area (TPSA) is 100 Å². The summed E-state index contributed by atoms with van der Waals surface area (Å²) in [6, 6.07) is 4.36. The van der Waals surface area contributed by atoms with Crippen molar-refractivity contribution in [3.8, 4) is 0 Å². The fourth-order valence-electron chi connectivity index (χ4n) is 2.48. The summed E-state index contributed by atoms with van der Waals surface area (Å²) in [7, 11) is -0.822. The third-order valence-electron chi connectivity index (χ3n) is 4.06. The first-order valence-corrected chi connectivity index (χ1v) is 10.1. The number of carbonyl (C=O) groups is 1. The number of halogens is 1. The largest absolute Gasteiger partial charge is 0.345 e. The summed E-state index contributed by atoms with van der Waals surface area (Å²) in [6.07, 6.45) is 2.07. The molecule has 1 fully saturated rings. The number of aromatic amines is 1. The lowest BCUT2D eigenvalue weighted by Gasteiger charge is -2.13. The molecule has 2 aromatic rings. The van der Waals surface area contributed by atoms with E-state index in [0.717, 1.165) is 17.1 Å². The van der Waals surface area contributed by atoms with Gasteiger partial charge in [0.2, 0.25) is 10.0 Å². The Morgan fingerprint density at radius 3 is 2.77 bits per heavy atom. The van der Waals surface area contributed by atoms with Crippen LogP contribution in [0.1, 0.15) is 35.1 Å². The van der Waals surface area contributed by atoms with E-state index in [2.05, 4.69) is 15.5 Å².